The number of nitrogens with one attached hydrogen (secondary N) is 1. The Bertz CT molecular complexity index is 2170. The molecule has 0 saturated heterocycles. The maximum Gasteiger partial charge on any atom is 0.419 e. The number of anilines is 1. The van der Waals surface area contributed by atoms with Crippen molar-refractivity contribution in [1.29, 1.82) is 0 Å². The molecule has 218 valence electrons. The summed E-state index contributed by atoms with van der Waals surface area (Å²) in [5.74, 6) is -2.30. The number of hydrogen-bond donors (Lipinski definition) is 1. The van der Waals surface area contributed by atoms with E-state index >= 15 is 0 Å². The topological polar surface area (TPSA) is 112 Å². The fourth-order valence-electron chi connectivity index (χ4n) is 4.47. The van der Waals surface area contributed by atoms with Crippen LogP contribution < -0.4 is 5.32 Å². The summed E-state index contributed by atoms with van der Waals surface area (Å²) in [7, 11) is -4.69. The zero-order valence-corrected chi connectivity index (χ0v) is 24.1. The van der Waals surface area contributed by atoms with E-state index in [4.69, 9.17) is 0 Å². The van der Waals surface area contributed by atoms with Crippen LogP contribution in [0.15, 0.2) is 77.7 Å². The van der Waals surface area contributed by atoms with Gasteiger partial charge >= 0.3 is 6.18 Å². The maximum atomic E-state index is 13.9. The number of benzene rings is 4. The van der Waals surface area contributed by atoms with Gasteiger partial charge in [0.25, 0.3) is 5.91 Å². The van der Waals surface area contributed by atoms with Crippen molar-refractivity contribution < 1.29 is 35.3 Å². The second-order valence-corrected chi connectivity index (χ2v) is 12.8. The van der Waals surface area contributed by atoms with Gasteiger partial charge in [-0.05, 0) is 79.2 Å². The summed E-state index contributed by atoms with van der Waals surface area (Å²) in [6, 6.07) is 17.3. The molecule has 14 heteroatoms. The number of rotatable bonds is 5. The molecule has 2 aromatic heterocycles. The Labute approximate surface area is 249 Å². The van der Waals surface area contributed by atoms with E-state index in [1.54, 1.807) is 43.3 Å². The lowest BCUT2D eigenvalue weighted by molar-refractivity contribution is -0.140. The highest BCUT2D eigenvalue weighted by atomic mass is 32.2. The summed E-state index contributed by atoms with van der Waals surface area (Å²) >= 11 is 2.52. The lowest BCUT2D eigenvalue weighted by atomic mass is 10.1. The second kappa shape index (κ2) is 10.5. The van der Waals surface area contributed by atoms with Crippen molar-refractivity contribution in [3.8, 4) is 21.1 Å². The van der Waals surface area contributed by atoms with Crippen molar-refractivity contribution in [3.63, 3.8) is 0 Å². The largest absolute Gasteiger partial charge is 0.744 e. The summed E-state index contributed by atoms with van der Waals surface area (Å²) in [5.41, 5.74) is 1.60. The Morgan fingerprint density at radius 1 is 0.860 bits per heavy atom. The number of nitrogens with zero attached hydrogens (tertiary/aromatic N) is 2. The molecule has 2 heterocycles. The molecule has 0 spiro atoms. The highest BCUT2D eigenvalue weighted by molar-refractivity contribution is 7.86. The number of carbonyl (C=O) groups excluding carboxylic acids is 1. The van der Waals surface area contributed by atoms with Crippen LogP contribution in [0.1, 0.15) is 21.5 Å². The number of alkyl halides is 3. The van der Waals surface area contributed by atoms with Crippen LogP contribution >= 0.6 is 22.7 Å². The van der Waals surface area contributed by atoms with Crippen molar-refractivity contribution >= 4 is 64.8 Å². The van der Waals surface area contributed by atoms with Gasteiger partial charge in [0.1, 0.15) is 26.0 Å². The van der Waals surface area contributed by atoms with Crippen LogP contribution in [0.3, 0.4) is 0 Å². The Morgan fingerprint density at radius 3 is 2.19 bits per heavy atom. The molecule has 0 bridgehead atoms. The van der Waals surface area contributed by atoms with Crippen molar-refractivity contribution in [1.82, 2.24) is 9.97 Å². The zero-order chi connectivity index (χ0) is 30.7. The normalized spacial score (nSPS) is 12.2. The van der Waals surface area contributed by atoms with E-state index in [0.29, 0.717) is 49.1 Å². The summed E-state index contributed by atoms with van der Waals surface area (Å²) in [6.45, 7) is 1.56. The lowest BCUT2D eigenvalue weighted by Gasteiger charge is -2.10. The molecule has 6 aromatic rings. The number of aryl methyl sites for hydroxylation is 1. The van der Waals surface area contributed by atoms with Crippen LogP contribution in [0.2, 0.25) is 0 Å². The van der Waals surface area contributed by atoms with Crippen LogP contribution in [-0.2, 0) is 16.3 Å². The van der Waals surface area contributed by atoms with Crippen LogP contribution in [0.4, 0.5) is 23.2 Å². The summed E-state index contributed by atoms with van der Waals surface area (Å²) in [6.07, 6.45) is -4.86. The third-order valence-electron chi connectivity index (χ3n) is 6.52. The standard InChI is InChI=1S/C29H17F4N3O4S3/c1-14-2-10-22-24(25(14)43(38,39)40)42-28(36-22)17-6-11-21-23(13-17)41-27(35-21)15-3-7-18(8-4-15)34-26(37)16-5-9-19(20(30)12-16)29(31,32)33/h2-13H,1H3,(H,34,37)(H,38,39,40)/p-1. The average molecular weight is 643 g/mol. The third-order valence-corrected chi connectivity index (χ3v) is 9.88. The number of aromatic nitrogens is 2. The van der Waals surface area contributed by atoms with Crippen LogP contribution in [0, 0.1) is 12.7 Å². The van der Waals surface area contributed by atoms with E-state index in [2.05, 4.69) is 15.3 Å². The molecule has 43 heavy (non-hydrogen) atoms. The highest BCUT2D eigenvalue weighted by Gasteiger charge is 2.34. The summed E-state index contributed by atoms with van der Waals surface area (Å²) in [4.78, 5) is 21.4. The monoisotopic (exact) mass is 642 g/mol. The molecule has 0 aliphatic carbocycles. The van der Waals surface area contributed by atoms with Gasteiger partial charge in [-0.1, -0.05) is 6.07 Å². The molecule has 1 N–H and O–H groups in total. The molecule has 4 aromatic carbocycles. The first-order valence-corrected chi connectivity index (χ1v) is 15.4. The smallest absolute Gasteiger partial charge is 0.419 e. The quantitative estimate of drug-likeness (QED) is 0.151. The minimum atomic E-state index is -4.86. The van der Waals surface area contributed by atoms with Gasteiger partial charge in [0.15, 0.2) is 0 Å². The van der Waals surface area contributed by atoms with Gasteiger partial charge < -0.3 is 9.87 Å². The van der Waals surface area contributed by atoms with Crippen molar-refractivity contribution in [3.05, 3.63) is 95.3 Å². The van der Waals surface area contributed by atoms with E-state index in [-0.39, 0.29) is 10.5 Å². The molecule has 0 aliphatic rings. The Kier molecular flexibility index (Phi) is 7.04. The number of hydrogen-bond acceptors (Lipinski definition) is 8. The first-order valence-electron chi connectivity index (χ1n) is 12.3. The molecule has 0 radical (unpaired) electrons. The number of thiazole rings is 2. The van der Waals surface area contributed by atoms with Gasteiger partial charge in [-0.3, -0.25) is 4.79 Å². The summed E-state index contributed by atoms with van der Waals surface area (Å²) in [5, 5.41) is 3.76. The molecule has 1 amide bonds. The van der Waals surface area contributed by atoms with Gasteiger partial charge in [0.2, 0.25) is 0 Å². The van der Waals surface area contributed by atoms with E-state index in [1.165, 1.54) is 11.3 Å². The highest BCUT2D eigenvalue weighted by Crippen LogP contribution is 2.38. The van der Waals surface area contributed by atoms with E-state index in [0.717, 1.165) is 33.2 Å². The lowest BCUT2D eigenvalue weighted by Crippen LogP contribution is -2.14. The predicted molar refractivity (Wildman–Crippen MR) is 156 cm³/mol. The Hall–Kier alpha value is -4.24. The molecular formula is C29H16F4N3O4S3-. The Morgan fingerprint density at radius 2 is 1.51 bits per heavy atom. The zero-order valence-electron chi connectivity index (χ0n) is 21.7. The molecule has 7 nitrogen and oxygen atoms in total. The first-order chi connectivity index (χ1) is 20.3. The van der Waals surface area contributed by atoms with Crippen molar-refractivity contribution in [2.75, 3.05) is 5.32 Å². The average Bonchev–Trinajstić information content (AvgIpc) is 3.55. The molecular weight excluding hydrogens is 627 g/mol. The maximum absolute atomic E-state index is 13.9. The Balaban J connectivity index is 1.23. The number of amides is 1. The molecule has 0 fully saturated rings. The van der Waals surface area contributed by atoms with Gasteiger partial charge in [-0.2, -0.15) is 13.2 Å². The number of fused-ring (bicyclic) bond motifs is 2. The minimum absolute atomic E-state index is 0.259. The van der Waals surface area contributed by atoms with Gasteiger partial charge in [0, 0.05) is 22.4 Å². The van der Waals surface area contributed by atoms with Gasteiger partial charge in [0.05, 0.1) is 30.9 Å². The first kappa shape index (κ1) is 28.9. The minimum Gasteiger partial charge on any atom is -0.744 e. The van der Waals surface area contributed by atoms with Crippen LogP contribution in [0.5, 0.6) is 0 Å². The number of carbonyl (C=O) groups is 1. The predicted octanol–water partition coefficient (Wildman–Crippen LogP) is 7.86. The molecule has 0 aliphatic heterocycles. The molecule has 0 saturated carbocycles. The molecule has 0 unspecified atom stereocenters. The van der Waals surface area contributed by atoms with E-state index in [1.807, 2.05) is 18.2 Å². The fourth-order valence-corrected chi connectivity index (χ4v) is 7.76. The fraction of sp³-hybridized carbons (Fsp3) is 0.0690. The van der Waals surface area contributed by atoms with E-state index < -0.39 is 33.6 Å². The van der Waals surface area contributed by atoms with Crippen molar-refractivity contribution in [2.24, 2.45) is 0 Å². The number of halogens is 4. The molecule has 0 atom stereocenters. The van der Waals surface area contributed by atoms with Gasteiger partial charge in [-0.25, -0.2) is 22.8 Å². The van der Waals surface area contributed by atoms with Crippen molar-refractivity contribution in [2.45, 2.75) is 18.0 Å². The summed E-state index contributed by atoms with van der Waals surface area (Å²) < 4.78 is 89.0. The second-order valence-electron chi connectivity index (χ2n) is 9.46. The SMILES string of the molecule is Cc1ccc2nc(-c3ccc4nc(-c5ccc(NC(=O)c6ccc(C(F)(F)F)c(F)c6)cc5)sc4c3)sc2c1S(=O)(=O)[O-]. The van der Waals surface area contributed by atoms with Gasteiger partial charge in [-0.15, -0.1) is 22.7 Å². The van der Waals surface area contributed by atoms with E-state index in [9.17, 15) is 35.3 Å². The van der Waals surface area contributed by atoms with Crippen LogP contribution in [-0.4, -0.2) is 28.8 Å². The van der Waals surface area contributed by atoms with Crippen LogP contribution in [0.25, 0.3) is 41.6 Å². The molecule has 6 rings (SSSR count). The third kappa shape index (κ3) is 5.61.